The van der Waals surface area contributed by atoms with Crippen LogP contribution in [0.5, 0.6) is 0 Å². The van der Waals surface area contributed by atoms with Crippen LogP contribution in [0.1, 0.15) is 95.5 Å². The van der Waals surface area contributed by atoms with Crippen molar-refractivity contribution in [3.63, 3.8) is 0 Å². The summed E-state index contributed by atoms with van der Waals surface area (Å²) in [6.07, 6.45) is 8.32. The van der Waals surface area contributed by atoms with Gasteiger partial charge in [0.25, 0.3) is 0 Å². The number of aromatic nitrogens is 10. The first-order valence-corrected chi connectivity index (χ1v) is 27.0. The maximum absolute atomic E-state index is 15.0. The van der Waals surface area contributed by atoms with E-state index in [1.54, 1.807) is 0 Å². The van der Waals surface area contributed by atoms with Gasteiger partial charge in [0.05, 0.1) is 34.8 Å². The molecule has 16 nitrogen and oxygen atoms in total. The Hall–Kier alpha value is -6.86. The molecule has 0 aliphatic carbocycles. The third kappa shape index (κ3) is 11.2. The molecule has 0 saturated carbocycles. The van der Waals surface area contributed by atoms with Crippen molar-refractivity contribution in [3.05, 3.63) is 119 Å². The van der Waals surface area contributed by atoms with Gasteiger partial charge in [0.15, 0.2) is 11.6 Å². The van der Waals surface area contributed by atoms with Crippen LogP contribution in [-0.4, -0.2) is 135 Å². The van der Waals surface area contributed by atoms with Gasteiger partial charge in [0, 0.05) is 124 Å². The third-order valence-corrected chi connectivity index (χ3v) is 16.0. The van der Waals surface area contributed by atoms with Crippen molar-refractivity contribution in [2.24, 2.45) is 0 Å². The minimum atomic E-state index is -0.455. The number of pyridine rings is 2. The second-order valence-corrected chi connectivity index (χ2v) is 22.3. The molecule has 77 heavy (non-hydrogen) atoms. The fourth-order valence-electron chi connectivity index (χ4n) is 11.6. The number of aryl methyl sites for hydroxylation is 4. The number of likely N-dealkylation sites (N-methyl/N-ethyl adjacent to an activating group) is 2. The predicted octanol–water partition coefficient (Wildman–Crippen LogP) is 10.4. The quantitative estimate of drug-likeness (QED) is 0.119. The van der Waals surface area contributed by atoms with Crippen LogP contribution in [0.15, 0.2) is 73.3 Å². The molecule has 0 spiro atoms. The lowest BCUT2D eigenvalue weighted by Crippen LogP contribution is -2.45. The van der Waals surface area contributed by atoms with E-state index in [1.807, 2.05) is 62.6 Å². The average Bonchev–Trinajstić information content (AvgIpc) is 4.23. The second kappa shape index (κ2) is 21.9. The molecule has 12 rings (SSSR count). The highest BCUT2D eigenvalue weighted by Crippen LogP contribution is 2.42. The van der Waals surface area contributed by atoms with Gasteiger partial charge in [-0.1, -0.05) is 61.1 Å². The second-order valence-electron chi connectivity index (χ2n) is 22.3. The number of fused-ring (bicyclic) bond motifs is 6. The largest absolute Gasteiger partial charge is 0.309 e. The van der Waals surface area contributed by atoms with Crippen molar-refractivity contribution < 1.29 is 8.78 Å². The van der Waals surface area contributed by atoms with Gasteiger partial charge in [-0.3, -0.25) is 19.2 Å². The van der Waals surface area contributed by atoms with Crippen molar-refractivity contribution in [3.8, 4) is 22.5 Å². The Kier molecular flexibility index (Phi) is 15.2. The van der Waals surface area contributed by atoms with Crippen LogP contribution in [0.3, 0.4) is 0 Å². The van der Waals surface area contributed by atoms with Crippen LogP contribution in [0.25, 0.3) is 44.3 Å². The van der Waals surface area contributed by atoms with Gasteiger partial charge < -0.3 is 20.4 Å². The highest BCUT2D eigenvalue weighted by atomic mass is 19.1. The fraction of sp³-hybridized carbons (Fsp3) is 0.458. The third-order valence-electron chi connectivity index (χ3n) is 16.0. The summed E-state index contributed by atoms with van der Waals surface area (Å²) in [5, 5.41) is 18.1. The maximum Gasteiger partial charge on any atom is 0.229 e. The number of halogens is 2. The summed E-state index contributed by atoms with van der Waals surface area (Å²) in [5.41, 5.74) is 10.8. The number of anilines is 4. The maximum atomic E-state index is 15.0. The number of nitrogens with one attached hydrogen (secondary N) is 2. The zero-order chi connectivity index (χ0) is 52.9. The molecule has 18 heteroatoms. The zero-order valence-electron chi connectivity index (χ0n) is 45.3. The van der Waals surface area contributed by atoms with Crippen LogP contribution < -0.4 is 10.6 Å². The molecule has 2 fully saturated rings. The lowest BCUT2D eigenvalue weighted by Gasteiger charge is -2.33. The Morgan fingerprint density at radius 3 is 1.26 bits per heavy atom. The lowest BCUT2D eigenvalue weighted by atomic mass is 9.86. The topological polar surface area (TPSA) is 150 Å². The van der Waals surface area contributed by atoms with Crippen molar-refractivity contribution in [2.45, 2.75) is 113 Å². The summed E-state index contributed by atoms with van der Waals surface area (Å²) in [5.74, 6) is 0.980. The first-order chi connectivity index (χ1) is 36.6. The van der Waals surface area contributed by atoms with E-state index in [0.717, 1.165) is 149 Å². The molecule has 4 aliphatic heterocycles. The summed E-state index contributed by atoms with van der Waals surface area (Å²) in [7, 11) is 0. The average molecular weight is 1050 g/mol. The molecule has 0 unspecified atom stereocenters. The van der Waals surface area contributed by atoms with Crippen molar-refractivity contribution >= 4 is 45.3 Å². The molecular weight excluding hydrogens is 971 g/mol. The molecule has 0 amide bonds. The zero-order valence-corrected chi connectivity index (χ0v) is 45.3. The first-order valence-electron chi connectivity index (χ1n) is 27.0. The van der Waals surface area contributed by atoms with Crippen molar-refractivity contribution in [1.82, 2.24) is 69.1 Å². The van der Waals surface area contributed by atoms with E-state index in [-0.39, 0.29) is 29.6 Å². The smallest absolute Gasteiger partial charge is 0.229 e. The van der Waals surface area contributed by atoms with E-state index in [0.29, 0.717) is 23.5 Å². The van der Waals surface area contributed by atoms with Gasteiger partial charge in [0.2, 0.25) is 11.9 Å². The Labute approximate surface area is 451 Å². The van der Waals surface area contributed by atoms with Crippen LogP contribution in [0, 0.1) is 25.5 Å². The van der Waals surface area contributed by atoms with E-state index in [1.165, 1.54) is 34.9 Å². The van der Waals surface area contributed by atoms with Crippen LogP contribution >= 0.6 is 0 Å². The molecule has 10 heterocycles. The molecule has 2 saturated heterocycles. The molecule has 4 aliphatic rings. The fourth-order valence-corrected chi connectivity index (χ4v) is 11.6. The van der Waals surface area contributed by atoms with E-state index in [4.69, 9.17) is 10.2 Å². The van der Waals surface area contributed by atoms with Crippen molar-refractivity contribution in [2.75, 3.05) is 76.1 Å². The van der Waals surface area contributed by atoms with Gasteiger partial charge in [0.1, 0.15) is 23.0 Å². The molecule has 0 bridgehead atoms. The van der Waals surface area contributed by atoms with E-state index in [9.17, 15) is 0 Å². The minimum absolute atomic E-state index is 0. The van der Waals surface area contributed by atoms with Crippen LogP contribution in [0.4, 0.5) is 32.3 Å². The number of rotatable bonds is 12. The van der Waals surface area contributed by atoms with Crippen molar-refractivity contribution in [1.29, 1.82) is 0 Å². The summed E-state index contributed by atoms with van der Waals surface area (Å²) >= 11 is 0. The number of hydrogen-bond donors (Lipinski definition) is 2. The van der Waals surface area contributed by atoms with Gasteiger partial charge in [-0.2, -0.15) is 10.2 Å². The number of nitrogens with zero attached hydrogens (tertiary/aromatic N) is 14. The van der Waals surface area contributed by atoms with E-state index >= 15 is 8.78 Å². The summed E-state index contributed by atoms with van der Waals surface area (Å²) < 4.78 is 34.2. The lowest BCUT2D eigenvalue weighted by molar-refractivity contribution is 0.132. The molecule has 0 atom stereocenters. The standard InChI is InChI=1S/2C29H35FN8.CH4/c2*1-5-36-10-12-37(13-11-36)18-20-6-7-24(31-16-20)33-28-32-17-23(30)26(34-28)21-14-19(2)25-22(15-21)27-29(3,4)8-9-38(27)35-25;/h2*6-7,14-17H,5,8-13,18H2,1-4H3,(H,31,32,33,34);1H4. The Balaban J connectivity index is 0.000000172. The van der Waals surface area contributed by atoms with Crippen LogP contribution in [-0.2, 0) is 37.0 Å². The van der Waals surface area contributed by atoms with Gasteiger partial charge in [-0.05, 0) is 98.4 Å². The number of piperazine rings is 2. The Bertz CT molecular complexity index is 3160. The predicted molar refractivity (Wildman–Crippen MR) is 303 cm³/mol. The molecule has 404 valence electrons. The Morgan fingerprint density at radius 1 is 0.506 bits per heavy atom. The molecular formula is C59H74F2N16. The SMILES string of the molecule is C.CCN1CCN(Cc2ccc(Nc3ncc(F)c(-c4cc(C)c5nn6c(c5c4)C(C)(C)CC6)n3)nc2)CC1.CCN1CCN(Cc2ccc(Nc3ncc(F)c(-c4cc(C)c5nn6c(c5c4)C(C)(C)CC6)n3)nc2)CC1. The summed E-state index contributed by atoms with van der Waals surface area (Å²) in [6, 6.07) is 16.0. The molecule has 0 radical (unpaired) electrons. The number of hydrogen-bond acceptors (Lipinski definition) is 14. The van der Waals surface area contributed by atoms with Gasteiger partial charge in [-0.15, -0.1) is 0 Å². The normalized spacial score (nSPS) is 17.5. The van der Waals surface area contributed by atoms with Gasteiger partial charge >= 0.3 is 0 Å². The first kappa shape index (κ1) is 53.5. The highest BCUT2D eigenvalue weighted by Gasteiger charge is 2.36. The van der Waals surface area contributed by atoms with E-state index < -0.39 is 11.6 Å². The molecule has 2 N–H and O–H groups in total. The molecule has 2 aromatic carbocycles. The summed E-state index contributed by atoms with van der Waals surface area (Å²) in [6.45, 7) is 32.0. The minimum Gasteiger partial charge on any atom is -0.309 e. The molecule has 8 aromatic rings. The highest BCUT2D eigenvalue weighted by molar-refractivity contribution is 5.91. The molecule has 6 aromatic heterocycles. The van der Waals surface area contributed by atoms with Crippen LogP contribution in [0.2, 0.25) is 0 Å². The van der Waals surface area contributed by atoms with E-state index in [2.05, 4.69) is 123 Å². The Morgan fingerprint density at radius 2 is 0.896 bits per heavy atom. The van der Waals surface area contributed by atoms with Gasteiger partial charge in [-0.25, -0.2) is 38.7 Å². The summed E-state index contributed by atoms with van der Waals surface area (Å²) in [4.78, 5) is 36.5. The number of benzene rings is 2. The monoisotopic (exact) mass is 1040 g/mol.